The van der Waals surface area contributed by atoms with Gasteiger partial charge in [-0.15, -0.1) is 11.8 Å². The van der Waals surface area contributed by atoms with Crippen molar-refractivity contribution in [1.29, 1.82) is 0 Å². The van der Waals surface area contributed by atoms with Gasteiger partial charge in [0.2, 0.25) is 0 Å². The fourth-order valence-corrected chi connectivity index (χ4v) is 2.28. The molecule has 1 aliphatic rings. The van der Waals surface area contributed by atoms with E-state index in [0.29, 0.717) is 5.69 Å². The lowest BCUT2D eigenvalue weighted by Crippen LogP contribution is -2.44. The third-order valence-corrected chi connectivity index (χ3v) is 3.70. The van der Waals surface area contributed by atoms with E-state index in [2.05, 4.69) is 10.6 Å². The van der Waals surface area contributed by atoms with Gasteiger partial charge in [-0.1, -0.05) is 6.07 Å². The molecule has 1 fully saturated rings. The van der Waals surface area contributed by atoms with Crippen LogP contribution in [0.5, 0.6) is 0 Å². The van der Waals surface area contributed by atoms with Gasteiger partial charge in [0.25, 0.3) is 0 Å². The molecule has 0 heterocycles. The first-order chi connectivity index (χ1) is 9.10. The molecule has 2 rings (SSSR count). The minimum absolute atomic E-state index is 0.0702. The number of amides is 2. The summed E-state index contributed by atoms with van der Waals surface area (Å²) < 4.78 is 0. The SMILES string of the molecule is CSc1cccc(NC(=O)NC(C(=O)O)C2CC2)c1. The molecule has 1 unspecified atom stereocenters. The van der Waals surface area contributed by atoms with Crippen molar-refractivity contribution in [2.45, 2.75) is 23.8 Å². The van der Waals surface area contributed by atoms with Crippen molar-refractivity contribution < 1.29 is 14.7 Å². The topological polar surface area (TPSA) is 78.4 Å². The minimum Gasteiger partial charge on any atom is -0.480 e. The highest BCUT2D eigenvalue weighted by Crippen LogP contribution is 2.32. The molecule has 1 atom stereocenters. The number of benzene rings is 1. The van der Waals surface area contributed by atoms with E-state index in [1.165, 1.54) is 0 Å². The number of carbonyl (C=O) groups is 2. The summed E-state index contributed by atoms with van der Waals surface area (Å²) in [5, 5.41) is 14.2. The number of rotatable bonds is 5. The van der Waals surface area contributed by atoms with Crippen LogP contribution in [0.3, 0.4) is 0 Å². The smallest absolute Gasteiger partial charge is 0.326 e. The first kappa shape index (κ1) is 13.7. The predicted molar refractivity (Wildman–Crippen MR) is 74.5 cm³/mol. The van der Waals surface area contributed by atoms with Crippen molar-refractivity contribution in [2.24, 2.45) is 5.92 Å². The van der Waals surface area contributed by atoms with Gasteiger partial charge in [-0.05, 0) is 43.2 Å². The van der Waals surface area contributed by atoms with Crippen molar-refractivity contribution in [3.63, 3.8) is 0 Å². The summed E-state index contributed by atoms with van der Waals surface area (Å²) in [6.45, 7) is 0. The zero-order chi connectivity index (χ0) is 13.8. The Morgan fingerprint density at radius 1 is 1.42 bits per heavy atom. The van der Waals surface area contributed by atoms with Crippen LogP contribution in [0.25, 0.3) is 0 Å². The molecule has 0 aromatic heterocycles. The van der Waals surface area contributed by atoms with Crippen LogP contribution in [0, 0.1) is 5.92 Å². The zero-order valence-electron chi connectivity index (χ0n) is 10.6. The summed E-state index contributed by atoms with van der Waals surface area (Å²) in [6.07, 6.45) is 3.67. The van der Waals surface area contributed by atoms with Gasteiger partial charge in [-0.25, -0.2) is 9.59 Å². The molecular formula is C13H16N2O3S. The zero-order valence-corrected chi connectivity index (χ0v) is 11.4. The quantitative estimate of drug-likeness (QED) is 0.724. The number of carboxylic acid groups (broad SMARTS) is 1. The summed E-state index contributed by atoms with van der Waals surface area (Å²) in [7, 11) is 0. The van der Waals surface area contributed by atoms with E-state index in [-0.39, 0.29) is 5.92 Å². The standard InChI is InChI=1S/C13H16N2O3S/c1-19-10-4-2-3-9(7-10)14-13(18)15-11(12(16)17)8-5-6-8/h2-4,7-8,11H,5-6H2,1H3,(H,16,17)(H2,14,15,18). The third kappa shape index (κ3) is 3.89. The van der Waals surface area contributed by atoms with E-state index in [9.17, 15) is 9.59 Å². The van der Waals surface area contributed by atoms with Gasteiger partial charge in [0, 0.05) is 10.6 Å². The number of thioether (sulfide) groups is 1. The molecule has 1 saturated carbocycles. The van der Waals surface area contributed by atoms with Gasteiger partial charge in [0.05, 0.1) is 0 Å². The third-order valence-electron chi connectivity index (χ3n) is 2.97. The summed E-state index contributed by atoms with van der Waals surface area (Å²) in [5.74, 6) is -0.906. The van der Waals surface area contributed by atoms with Gasteiger partial charge in [0.1, 0.15) is 6.04 Å². The minimum atomic E-state index is -0.976. The Bertz CT molecular complexity index is 489. The molecule has 0 aliphatic heterocycles. The largest absolute Gasteiger partial charge is 0.480 e. The van der Waals surface area contributed by atoms with Crippen molar-refractivity contribution in [3.8, 4) is 0 Å². The van der Waals surface area contributed by atoms with Crippen molar-refractivity contribution in [3.05, 3.63) is 24.3 Å². The number of carboxylic acids is 1. The summed E-state index contributed by atoms with van der Waals surface area (Å²) in [6, 6.07) is 6.14. The van der Waals surface area contributed by atoms with Gasteiger partial charge in [-0.3, -0.25) is 0 Å². The van der Waals surface area contributed by atoms with Gasteiger partial charge in [0.15, 0.2) is 0 Å². The predicted octanol–water partition coefficient (Wildman–Crippen LogP) is 2.39. The van der Waals surface area contributed by atoms with E-state index in [1.54, 1.807) is 17.8 Å². The summed E-state index contributed by atoms with van der Waals surface area (Å²) in [4.78, 5) is 23.8. The van der Waals surface area contributed by atoms with E-state index in [0.717, 1.165) is 17.7 Å². The lowest BCUT2D eigenvalue weighted by molar-refractivity contribution is -0.139. The Labute approximate surface area is 115 Å². The van der Waals surface area contributed by atoms with E-state index in [1.807, 2.05) is 24.5 Å². The Morgan fingerprint density at radius 3 is 2.74 bits per heavy atom. The van der Waals surface area contributed by atoms with Crippen LogP contribution < -0.4 is 10.6 Å². The molecule has 102 valence electrons. The maximum atomic E-state index is 11.8. The lowest BCUT2D eigenvalue weighted by atomic mass is 10.2. The number of hydrogen-bond acceptors (Lipinski definition) is 3. The summed E-state index contributed by atoms with van der Waals surface area (Å²) in [5.41, 5.74) is 0.657. The first-order valence-corrected chi connectivity index (χ1v) is 7.27. The van der Waals surface area contributed by atoms with Crippen LogP contribution in [0.4, 0.5) is 10.5 Å². The molecule has 0 radical (unpaired) electrons. The van der Waals surface area contributed by atoms with Crippen LogP contribution in [0.1, 0.15) is 12.8 Å². The van der Waals surface area contributed by atoms with Crippen molar-refractivity contribution >= 4 is 29.4 Å². The molecule has 0 saturated heterocycles. The van der Waals surface area contributed by atoms with Gasteiger partial charge in [-0.2, -0.15) is 0 Å². The Balaban J connectivity index is 1.94. The highest BCUT2D eigenvalue weighted by atomic mass is 32.2. The normalized spacial score (nSPS) is 15.6. The average Bonchev–Trinajstić information content (AvgIpc) is 3.20. The monoisotopic (exact) mass is 280 g/mol. The van der Waals surface area contributed by atoms with Crippen LogP contribution in [0.2, 0.25) is 0 Å². The lowest BCUT2D eigenvalue weighted by Gasteiger charge is -2.14. The van der Waals surface area contributed by atoms with Crippen LogP contribution in [0.15, 0.2) is 29.2 Å². The molecule has 5 nitrogen and oxygen atoms in total. The van der Waals surface area contributed by atoms with Crippen LogP contribution in [-0.4, -0.2) is 29.4 Å². The number of carbonyl (C=O) groups excluding carboxylic acids is 1. The van der Waals surface area contributed by atoms with Crippen molar-refractivity contribution in [2.75, 3.05) is 11.6 Å². The molecule has 0 spiro atoms. The second kappa shape index (κ2) is 5.97. The van der Waals surface area contributed by atoms with Gasteiger partial charge >= 0.3 is 12.0 Å². The molecule has 19 heavy (non-hydrogen) atoms. The fourth-order valence-electron chi connectivity index (χ4n) is 1.82. The van der Waals surface area contributed by atoms with Crippen LogP contribution in [-0.2, 0) is 4.79 Å². The maximum Gasteiger partial charge on any atom is 0.326 e. The number of nitrogens with one attached hydrogen (secondary N) is 2. The number of urea groups is 1. The second-order valence-corrected chi connectivity index (χ2v) is 5.36. The van der Waals surface area contributed by atoms with Crippen LogP contribution >= 0.6 is 11.8 Å². The highest BCUT2D eigenvalue weighted by Gasteiger charge is 2.37. The molecule has 1 aliphatic carbocycles. The maximum absolute atomic E-state index is 11.8. The molecule has 2 amide bonds. The second-order valence-electron chi connectivity index (χ2n) is 4.48. The van der Waals surface area contributed by atoms with Crippen molar-refractivity contribution in [1.82, 2.24) is 5.32 Å². The Morgan fingerprint density at radius 2 is 2.16 bits per heavy atom. The summed E-state index contributed by atoms with van der Waals surface area (Å²) >= 11 is 1.58. The van der Waals surface area contributed by atoms with E-state index in [4.69, 9.17) is 5.11 Å². The number of hydrogen-bond donors (Lipinski definition) is 3. The first-order valence-electron chi connectivity index (χ1n) is 6.04. The van der Waals surface area contributed by atoms with Gasteiger partial charge < -0.3 is 15.7 Å². The number of anilines is 1. The van der Waals surface area contributed by atoms with E-state index >= 15 is 0 Å². The molecule has 3 N–H and O–H groups in total. The molecule has 1 aromatic rings. The molecular weight excluding hydrogens is 264 g/mol. The average molecular weight is 280 g/mol. The molecule has 6 heteroatoms. The molecule has 1 aromatic carbocycles. The fraction of sp³-hybridized carbons (Fsp3) is 0.385. The highest BCUT2D eigenvalue weighted by molar-refractivity contribution is 7.98. The number of aliphatic carboxylic acids is 1. The molecule has 0 bridgehead atoms. The Kier molecular flexibility index (Phi) is 4.31. The Hall–Kier alpha value is -1.69. The van der Waals surface area contributed by atoms with E-state index < -0.39 is 18.0 Å².